The zero-order chi connectivity index (χ0) is 16.3. The van der Waals surface area contributed by atoms with E-state index in [1.165, 1.54) is 0 Å². The molecule has 8 heteroatoms. The van der Waals surface area contributed by atoms with E-state index in [-0.39, 0.29) is 18.4 Å². The summed E-state index contributed by atoms with van der Waals surface area (Å²) in [6.07, 6.45) is -9.29. The Morgan fingerprint density at radius 2 is 1.38 bits per heavy atom. The maximum Gasteiger partial charge on any atom is 0.416 e. The summed E-state index contributed by atoms with van der Waals surface area (Å²) < 4.78 is 75.7. The van der Waals surface area contributed by atoms with Gasteiger partial charge in [0.2, 0.25) is 0 Å². The number of hydrogen-bond acceptors (Lipinski definition) is 1. The Morgan fingerprint density at radius 3 is 1.76 bits per heavy atom. The van der Waals surface area contributed by atoms with Crippen molar-refractivity contribution in [2.75, 3.05) is 5.88 Å². The van der Waals surface area contributed by atoms with E-state index in [9.17, 15) is 31.1 Å². The van der Waals surface area contributed by atoms with E-state index in [4.69, 9.17) is 11.6 Å². The summed E-state index contributed by atoms with van der Waals surface area (Å²) in [5.74, 6) is -0.499. The number of halogens is 7. The second-order valence-electron chi connectivity index (χ2n) is 4.36. The lowest BCUT2D eigenvalue weighted by molar-refractivity contribution is -0.143. The van der Waals surface area contributed by atoms with Gasteiger partial charge >= 0.3 is 12.4 Å². The van der Waals surface area contributed by atoms with Gasteiger partial charge in [0.1, 0.15) is 0 Å². The lowest BCUT2D eigenvalue weighted by Gasteiger charge is -2.13. The number of carbonyl (C=O) groups excluding carboxylic acids is 1. The van der Waals surface area contributed by atoms with Gasteiger partial charge in [-0.1, -0.05) is 0 Å². The monoisotopic (exact) mass is 332 g/mol. The average Bonchev–Trinajstić information content (AvgIpc) is 2.36. The summed E-state index contributed by atoms with van der Waals surface area (Å²) in [5.41, 5.74) is -3.57. The molecule has 1 rings (SSSR count). The lowest BCUT2D eigenvalue weighted by atomic mass is 9.99. The fourth-order valence-electron chi connectivity index (χ4n) is 1.64. The fraction of sp³-hybridized carbons (Fsp3) is 0.462. The molecule has 0 unspecified atom stereocenters. The number of alkyl halides is 7. The minimum Gasteiger partial charge on any atom is -0.294 e. The van der Waals surface area contributed by atoms with E-state index in [0.29, 0.717) is 25.0 Å². The van der Waals surface area contributed by atoms with Crippen LogP contribution in [-0.2, 0) is 12.4 Å². The number of hydrogen-bond donors (Lipinski definition) is 0. The number of Topliss-reactive ketones (excluding diaryl/α,β-unsaturated/α-hetero) is 1. The van der Waals surface area contributed by atoms with Crippen LogP contribution in [0.2, 0.25) is 0 Å². The van der Waals surface area contributed by atoms with Gasteiger partial charge in [0.05, 0.1) is 11.1 Å². The summed E-state index contributed by atoms with van der Waals surface area (Å²) in [6.45, 7) is 0. The Bertz CT molecular complexity index is 474. The van der Waals surface area contributed by atoms with Gasteiger partial charge in [0, 0.05) is 17.9 Å². The summed E-state index contributed by atoms with van der Waals surface area (Å²) in [5, 5.41) is 0. The Balaban J connectivity index is 3.17. The minimum absolute atomic E-state index is 0.00442. The molecular weight excluding hydrogens is 322 g/mol. The standard InChI is InChI=1S/C13H11ClF6O/c14-4-2-1-3-11(21)8-5-9(12(15,16)17)7-10(6-8)13(18,19)20/h5-7H,1-4H2. The third-order valence-electron chi connectivity index (χ3n) is 2.70. The van der Waals surface area contributed by atoms with Crippen LogP contribution < -0.4 is 0 Å². The zero-order valence-corrected chi connectivity index (χ0v) is 11.4. The molecule has 21 heavy (non-hydrogen) atoms. The fourth-order valence-corrected chi connectivity index (χ4v) is 1.83. The predicted molar refractivity (Wildman–Crippen MR) is 65.3 cm³/mol. The van der Waals surface area contributed by atoms with Gasteiger partial charge in [-0.05, 0) is 31.0 Å². The molecular formula is C13H11ClF6O. The summed E-state index contributed by atoms with van der Waals surface area (Å²) in [6, 6.07) is 0.881. The molecule has 118 valence electrons. The molecule has 0 bridgehead atoms. The third-order valence-corrected chi connectivity index (χ3v) is 2.96. The van der Waals surface area contributed by atoms with Gasteiger partial charge in [0.15, 0.2) is 5.78 Å². The van der Waals surface area contributed by atoms with Gasteiger partial charge < -0.3 is 0 Å². The van der Waals surface area contributed by atoms with Crippen LogP contribution in [-0.4, -0.2) is 11.7 Å². The first kappa shape index (κ1) is 17.8. The second kappa shape index (κ2) is 6.68. The molecule has 0 radical (unpaired) electrons. The molecule has 0 N–H and O–H groups in total. The van der Waals surface area contributed by atoms with Crippen molar-refractivity contribution >= 4 is 17.4 Å². The third kappa shape index (κ3) is 5.22. The molecule has 0 spiro atoms. The Hall–Kier alpha value is -1.24. The van der Waals surface area contributed by atoms with E-state index in [0.717, 1.165) is 0 Å². The van der Waals surface area contributed by atoms with Gasteiger partial charge in [-0.25, -0.2) is 0 Å². The topological polar surface area (TPSA) is 17.1 Å². The zero-order valence-electron chi connectivity index (χ0n) is 10.6. The highest BCUT2D eigenvalue weighted by Gasteiger charge is 2.37. The second-order valence-corrected chi connectivity index (χ2v) is 4.74. The van der Waals surface area contributed by atoms with Gasteiger partial charge in [0.25, 0.3) is 0 Å². The van der Waals surface area contributed by atoms with Crippen LogP contribution >= 0.6 is 11.6 Å². The molecule has 0 saturated heterocycles. The Kier molecular flexibility index (Phi) is 5.67. The van der Waals surface area contributed by atoms with Crippen LogP contribution in [0.15, 0.2) is 18.2 Å². The number of unbranched alkanes of at least 4 members (excludes halogenated alkanes) is 1. The number of benzene rings is 1. The largest absolute Gasteiger partial charge is 0.416 e. The van der Waals surface area contributed by atoms with E-state index >= 15 is 0 Å². The van der Waals surface area contributed by atoms with Crippen molar-refractivity contribution in [1.82, 2.24) is 0 Å². The number of rotatable bonds is 5. The normalized spacial score (nSPS) is 12.5. The van der Waals surface area contributed by atoms with Gasteiger partial charge in [-0.3, -0.25) is 4.79 Å². The van der Waals surface area contributed by atoms with Crippen LogP contribution in [0.25, 0.3) is 0 Å². The maximum absolute atomic E-state index is 12.6. The highest BCUT2D eigenvalue weighted by Crippen LogP contribution is 2.36. The molecule has 0 aliphatic carbocycles. The smallest absolute Gasteiger partial charge is 0.294 e. The van der Waals surface area contributed by atoms with E-state index in [1.807, 2.05) is 0 Å². The molecule has 1 nitrogen and oxygen atoms in total. The summed E-state index contributed by atoms with van der Waals surface area (Å²) in [7, 11) is 0. The summed E-state index contributed by atoms with van der Waals surface area (Å²) >= 11 is 5.39. The van der Waals surface area contributed by atoms with Crippen LogP contribution in [0.3, 0.4) is 0 Å². The first-order chi connectivity index (χ1) is 9.55. The molecule has 0 amide bonds. The molecule has 0 aliphatic heterocycles. The highest BCUT2D eigenvalue weighted by molar-refractivity contribution is 6.17. The first-order valence-corrected chi connectivity index (χ1v) is 6.48. The number of ketones is 1. The molecule has 1 aromatic rings. The molecule has 0 fully saturated rings. The maximum atomic E-state index is 12.6. The minimum atomic E-state index is -4.95. The van der Waals surface area contributed by atoms with Gasteiger partial charge in [-0.2, -0.15) is 26.3 Å². The molecule has 0 aromatic heterocycles. The van der Waals surface area contributed by atoms with Crippen molar-refractivity contribution in [1.29, 1.82) is 0 Å². The molecule has 1 aromatic carbocycles. The van der Waals surface area contributed by atoms with Crippen molar-refractivity contribution in [3.05, 3.63) is 34.9 Å². The van der Waals surface area contributed by atoms with Crippen molar-refractivity contribution in [3.63, 3.8) is 0 Å². The number of carbonyl (C=O) groups is 1. The predicted octanol–water partition coefficient (Wildman–Crippen LogP) is 5.32. The average molecular weight is 333 g/mol. The Labute approximate surface area is 121 Å². The van der Waals surface area contributed by atoms with E-state index in [2.05, 4.69) is 0 Å². The van der Waals surface area contributed by atoms with Crippen molar-refractivity contribution in [2.45, 2.75) is 31.6 Å². The van der Waals surface area contributed by atoms with Crippen LogP contribution in [0.1, 0.15) is 40.7 Å². The first-order valence-electron chi connectivity index (χ1n) is 5.94. The van der Waals surface area contributed by atoms with Crippen molar-refractivity contribution in [3.8, 4) is 0 Å². The van der Waals surface area contributed by atoms with Crippen molar-refractivity contribution in [2.24, 2.45) is 0 Å². The van der Waals surface area contributed by atoms with Crippen LogP contribution in [0.5, 0.6) is 0 Å². The van der Waals surface area contributed by atoms with Gasteiger partial charge in [-0.15, -0.1) is 11.6 Å². The van der Waals surface area contributed by atoms with Crippen LogP contribution in [0, 0.1) is 0 Å². The molecule has 0 heterocycles. The Morgan fingerprint density at radius 1 is 0.905 bits per heavy atom. The summed E-state index contributed by atoms with van der Waals surface area (Å²) in [4.78, 5) is 11.7. The van der Waals surface area contributed by atoms with E-state index < -0.39 is 34.8 Å². The molecule has 0 aliphatic rings. The molecule has 0 atom stereocenters. The molecule has 0 saturated carbocycles. The van der Waals surface area contributed by atoms with Crippen LogP contribution in [0.4, 0.5) is 26.3 Å². The quantitative estimate of drug-likeness (QED) is 0.309. The van der Waals surface area contributed by atoms with E-state index in [1.54, 1.807) is 0 Å². The SMILES string of the molecule is O=C(CCCCCl)c1cc(C(F)(F)F)cc(C(F)(F)F)c1. The lowest BCUT2D eigenvalue weighted by Crippen LogP contribution is -2.13. The highest BCUT2D eigenvalue weighted by atomic mass is 35.5. The van der Waals surface area contributed by atoms with Crippen molar-refractivity contribution < 1.29 is 31.1 Å².